The van der Waals surface area contributed by atoms with Gasteiger partial charge in [0.25, 0.3) is 0 Å². The van der Waals surface area contributed by atoms with Crippen LogP contribution in [0.3, 0.4) is 0 Å². The van der Waals surface area contributed by atoms with Gasteiger partial charge >= 0.3 is 5.97 Å². The minimum absolute atomic E-state index is 0.318. The Bertz CT molecular complexity index is 602. The molecule has 0 aliphatic carbocycles. The summed E-state index contributed by atoms with van der Waals surface area (Å²) in [6.45, 7) is 1.77. The van der Waals surface area contributed by atoms with Gasteiger partial charge in [0, 0.05) is 6.08 Å². The van der Waals surface area contributed by atoms with Crippen molar-refractivity contribution in [2.45, 2.75) is 13.0 Å². The van der Waals surface area contributed by atoms with Crippen molar-refractivity contribution in [1.82, 2.24) is 0 Å². The first-order valence-corrected chi connectivity index (χ1v) is 6.54. The highest BCUT2D eigenvalue weighted by molar-refractivity contribution is 5.79. The van der Waals surface area contributed by atoms with Crippen LogP contribution in [0.2, 0.25) is 0 Å². The van der Waals surface area contributed by atoms with Gasteiger partial charge in [-0.1, -0.05) is 18.2 Å². The van der Waals surface area contributed by atoms with Crippen molar-refractivity contribution in [2.24, 2.45) is 0 Å². The molecule has 0 saturated carbocycles. The Hall–Kier alpha value is -2.75. The molecule has 1 unspecified atom stereocenters. The molecule has 0 heterocycles. The van der Waals surface area contributed by atoms with Gasteiger partial charge in [0.05, 0.1) is 0 Å². The van der Waals surface area contributed by atoms with Crippen LogP contribution in [0.25, 0.3) is 0 Å². The Balaban J connectivity index is 1.94. The Morgan fingerprint density at radius 2 is 1.57 bits per heavy atom. The lowest BCUT2D eigenvalue weighted by Crippen LogP contribution is -2.08. The smallest absolute Gasteiger partial charge is 0.328 e. The second-order valence-corrected chi connectivity index (χ2v) is 4.41. The topological polar surface area (TPSA) is 55.8 Å². The van der Waals surface area contributed by atoms with Crippen LogP contribution in [0.4, 0.5) is 0 Å². The fraction of sp³-hybridized carbons (Fsp3) is 0.118. The first kappa shape index (κ1) is 14.7. The normalized spacial score (nSPS) is 12.0. The summed E-state index contributed by atoms with van der Waals surface area (Å²) >= 11 is 0. The third-order valence-corrected chi connectivity index (χ3v) is 2.63. The van der Waals surface area contributed by atoms with Crippen molar-refractivity contribution >= 4 is 5.97 Å². The Morgan fingerprint density at radius 3 is 2.19 bits per heavy atom. The highest BCUT2D eigenvalue weighted by atomic mass is 16.5. The number of hydrogen-bond acceptors (Lipinski definition) is 3. The third-order valence-electron chi connectivity index (χ3n) is 2.63. The number of aliphatic carboxylic acids is 1. The van der Waals surface area contributed by atoms with E-state index in [0.29, 0.717) is 11.5 Å². The van der Waals surface area contributed by atoms with E-state index in [9.17, 15) is 4.79 Å². The van der Waals surface area contributed by atoms with Crippen LogP contribution >= 0.6 is 0 Å². The molecule has 0 aromatic heterocycles. The van der Waals surface area contributed by atoms with Gasteiger partial charge in [-0.25, -0.2) is 4.79 Å². The molecule has 0 aliphatic rings. The number of carbonyl (C=O) groups is 1. The highest BCUT2D eigenvalue weighted by Gasteiger charge is 2.02. The van der Waals surface area contributed by atoms with Crippen LogP contribution in [0.15, 0.2) is 66.7 Å². The molecule has 108 valence electrons. The summed E-state index contributed by atoms with van der Waals surface area (Å²) in [6.07, 6.45) is 2.23. The first-order chi connectivity index (χ1) is 10.1. The average molecular weight is 284 g/mol. The van der Waals surface area contributed by atoms with E-state index in [1.807, 2.05) is 30.3 Å². The van der Waals surface area contributed by atoms with Gasteiger partial charge in [0.1, 0.15) is 23.4 Å². The minimum Gasteiger partial charge on any atom is -0.487 e. The van der Waals surface area contributed by atoms with Crippen LogP contribution in [-0.4, -0.2) is 17.2 Å². The SMILES string of the molecule is CC(C=CC(=O)O)Oc1ccc(Oc2ccccc2)cc1. The number of rotatable bonds is 6. The molecule has 2 aromatic rings. The average Bonchev–Trinajstić information content (AvgIpc) is 2.48. The molecule has 4 nitrogen and oxygen atoms in total. The van der Waals surface area contributed by atoms with Gasteiger partial charge in [0.2, 0.25) is 0 Å². The molecular formula is C17H16O4. The maximum atomic E-state index is 10.4. The summed E-state index contributed by atoms with van der Waals surface area (Å²) in [5, 5.41) is 8.55. The lowest BCUT2D eigenvalue weighted by molar-refractivity contribution is -0.131. The summed E-state index contributed by atoms with van der Waals surface area (Å²) in [5.41, 5.74) is 0. The van der Waals surface area contributed by atoms with Crippen LogP contribution < -0.4 is 9.47 Å². The summed E-state index contributed by atoms with van der Waals surface area (Å²) in [4.78, 5) is 10.4. The monoisotopic (exact) mass is 284 g/mol. The Kier molecular flexibility index (Phi) is 4.99. The molecule has 1 atom stereocenters. The molecule has 0 saturated heterocycles. The molecule has 0 fully saturated rings. The fourth-order valence-electron chi connectivity index (χ4n) is 1.68. The van der Waals surface area contributed by atoms with E-state index in [-0.39, 0.29) is 6.10 Å². The number of carboxylic acids is 1. The molecule has 0 amide bonds. The molecule has 4 heteroatoms. The zero-order valence-corrected chi connectivity index (χ0v) is 11.6. The summed E-state index contributed by atoms with van der Waals surface area (Å²) in [6, 6.07) is 16.7. The van der Waals surface area contributed by atoms with E-state index in [1.165, 1.54) is 6.08 Å². The second kappa shape index (κ2) is 7.14. The molecule has 0 spiro atoms. The van der Waals surface area contributed by atoms with Crippen molar-refractivity contribution in [3.8, 4) is 17.2 Å². The maximum Gasteiger partial charge on any atom is 0.328 e. The third kappa shape index (κ3) is 5.03. The van der Waals surface area contributed by atoms with Gasteiger partial charge in [0.15, 0.2) is 0 Å². The van der Waals surface area contributed by atoms with Gasteiger partial charge in [-0.05, 0) is 49.4 Å². The second-order valence-electron chi connectivity index (χ2n) is 4.41. The maximum absolute atomic E-state index is 10.4. The quantitative estimate of drug-likeness (QED) is 0.818. The van der Waals surface area contributed by atoms with Crippen molar-refractivity contribution in [3.63, 3.8) is 0 Å². The molecule has 2 rings (SSSR count). The van der Waals surface area contributed by atoms with Crippen LogP contribution in [0, 0.1) is 0 Å². The molecule has 1 N–H and O–H groups in total. The molecular weight excluding hydrogens is 268 g/mol. The highest BCUT2D eigenvalue weighted by Crippen LogP contribution is 2.24. The molecule has 2 aromatic carbocycles. The van der Waals surface area contributed by atoms with Crippen LogP contribution in [0.5, 0.6) is 17.2 Å². The number of para-hydroxylation sites is 1. The van der Waals surface area contributed by atoms with Crippen molar-refractivity contribution in [2.75, 3.05) is 0 Å². The van der Waals surface area contributed by atoms with Crippen LogP contribution in [-0.2, 0) is 4.79 Å². The summed E-state index contributed by atoms with van der Waals surface area (Å²) in [7, 11) is 0. The van der Waals surface area contributed by atoms with E-state index < -0.39 is 5.97 Å². The van der Waals surface area contributed by atoms with Gasteiger partial charge in [-0.15, -0.1) is 0 Å². The van der Waals surface area contributed by atoms with E-state index in [2.05, 4.69) is 0 Å². The number of ether oxygens (including phenoxy) is 2. The predicted octanol–water partition coefficient (Wildman–Crippen LogP) is 3.89. The first-order valence-electron chi connectivity index (χ1n) is 6.54. The van der Waals surface area contributed by atoms with E-state index in [0.717, 1.165) is 11.8 Å². The lowest BCUT2D eigenvalue weighted by atomic mass is 10.3. The standard InChI is InChI=1S/C17H16O4/c1-13(7-12-17(18)19)20-15-8-10-16(11-9-15)21-14-5-3-2-4-6-14/h2-13H,1H3,(H,18,19). The molecule has 0 bridgehead atoms. The predicted molar refractivity (Wildman–Crippen MR) is 79.8 cm³/mol. The minimum atomic E-state index is -0.989. The van der Waals surface area contributed by atoms with Crippen molar-refractivity contribution in [3.05, 3.63) is 66.7 Å². The van der Waals surface area contributed by atoms with Crippen LogP contribution in [0.1, 0.15) is 6.92 Å². The fourth-order valence-corrected chi connectivity index (χ4v) is 1.68. The number of carboxylic acid groups (broad SMARTS) is 1. The van der Waals surface area contributed by atoms with E-state index in [4.69, 9.17) is 14.6 Å². The Morgan fingerprint density at radius 1 is 1.00 bits per heavy atom. The van der Waals surface area contributed by atoms with Gasteiger partial charge in [-0.2, -0.15) is 0 Å². The summed E-state index contributed by atoms with van der Waals surface area (Å²) < 4.78 is 11.2. The lowest BCUT2D eigenvalue weighted by Gasteiger charge is -2.11. The van der Waals surface area contributed by atoms with E-state index in [1.54, 1.807) is 31.2 Å². The zero-order chi connectivity index (χ0) is 15.1. The Labute approximate surface area is 123 Å². The van der Waals surface area contributed by atoms with Crippen molar-refractivity contribution < 1.29 is 19.4 Å². The van der Waals surface area contributed by atoms with Crippen molar-refractivity contribution in [1.29, 1.82) is 0 Å². The number of benzene rings is 2. The van der Waals surface area contributed by atoms with Gasteiger partial charge in [-0.3, -0.25) is 0 Å². The summed E-state index contributed by atoms with van der Waals surface area (Å²) in [5.74, 6) is 1.14. The molecule has 0 radical (unpaired) electrons. The van der Waals surface area contributed by atoms with Gasteiger partial charge < -0.3 is 14.6 Å². The zero-order valence-electron chi connectivity index (χ0n) is 11.6. The number of hydrogen-bond donors (Lipinski definition) is 1. The van der Waals surface area contributed by atoms with E-state index >= 15 is 0 Å². The molecule has 0 aliphatic heterocycles. The largest absolute Gasteiger partial charge is 0.487 e. The molecule has 21 heavy (non-hydrogen) atoms.